The summed E-state index contributed by atoms with van der Waals surface area (Å²) < 4.78 is 42.6. The predicted molar refractivity (Wildman–Crippen MR) is 70.8 cm³/mol. The molecule has 2 rings (SSSR count). The first-order chi connectivity index (χ1) is 9.91. The van der Waals surface area contributed by atoms with E-state index in [0.717, 1.165) is 12.1 Å². The molecule has 0 radical (unpaired) electrons. The molecule has 5 nitrogen and oxygen atoms in total. The van der Waals surface area contributed by atoms with E-state index in [9.17, 15) is 18.0 Å². The van der Waals surface area contributed by atoms with E-state index in [0.29, 0.717) is 25.4 Å². The molecule has 1 unspecified atom stereocenters. The third-order valence-electron chi connectivity index (χ3n) is 3.22. The van der Waals surface area contributed by atoms with Gasteiger partial charge in [-0.05, 0) is 24.3 Å². The molecule has 2 amide bonds. The first-order valence-electron chi connectivity index (χ1n) is 6.44. The predicted octanol–water partition coefficient (Wildman–Crippen LogP) is 1.90. The summed E-state index contributed by atoms with van der Waals surface area (Å²) >= 11 is 0. The SMILES string of the molecule is NCC1COCCN1C(=O)Nc1ccc(C(F)(F)F)cc1. The first kappa shape index (κ1) is 15.6. The molecule has 116 valence electrons. The molecule has 21 heavy (non-hydrogen) atoms. The average Bonchev–Trinajstić information content (AvgIpc) is 2.46. The van der Waals surface area contributed by atoms with Gasteiger partial charge in [0, 0.05) is 18.8 Å². The lowest BCUT2D eigenvalue weighted by molar-refractivity contribution is -0.137. The summed E-state index contributed by atoms with van der Waals surface area (Å²) in [5.74, 6) is 0. The van der Waals surface area contributed by atoms with E-state index in [1.165, 1.54) is 17.0 Å². The molecule has 1 atom stereocenters. The van der Waals surface area contributed by atoms with Crippen LogP contribution in [0.1, 0.15) is 5.56 Å². The van der Waals surface area contributed by atoms with Gasteiger partial charge in [-0.2, -0.15) is 13.2 Å². The van der Waals surface area contributed by atoms with Crippen molar-refractivity contribution in [2.24, 2.45) is 5.73 Å². The number of ether oxygens (including phenoxy) is 1. The fourth-order valence-corrected chi connectivity index (χ4v) is 2.06. The molecule has 3 N–H and O–H groups in total. The number of hydrogen-bond donors (Lipinski definition) is 2. The molecule has 0 bridgehead atoms. The number of hydrogen-bond acceptors (Lipinski definition) is 3. The normalized spacial score (nSPS) is 19.4. The molecule has 0 saturated carbocycles. The standard InChI is InChI=1S/C13H16F3N3O2/c14-13(15,16)9-1-3-10(4-2-9)18-12(20)19-5-6-21-8-11(19)7-17/h1-4,11H,5-8,17H2,(H,18,20). The van der Waals surface area contributed by atoms with Crippen molar-refractivity contribution >= 4 is 11.7 Å². The molecule has 1 fully saturated rings. The highest BCUT2D eigenvalue weighted by Crippen LogP contribution is 2.29. The number of morpholine rings is 1. The molecule has 1 aliphatic heterocycles. The molecule has 1 heterocycles. The number of alkyl halides is 3. The Kier molecular flexibility index (Phi) is 4.69. The van der Waals surface area contributed by atoms with Crippen molar-refractivity contribution < 1.29 is 22.7 Å². The molecule has 8 heteroatoms. The van der Waals surface area contributed by atoms with Gasteiger partial charge < -0.3 is 20.7 Å². The Morgan fingerprint density at radius 1 is 1.38 bits per heavy atom. The Hall–Kier alpha value is -1.80. The monoisotopic (exact) mass is 303 g/mol. The third kappa shape index (κ3) is 3.85. The summed E-state index contributed by atoms with van der Waals surface area (Å²) in [6.45, 7) is 1.43. The maximum absolute atomic E-state index is 12.4. The lowest BCUT2D eigenvalue weighted by Crippen LogP contribution is -2.53. The number of carbonyl (C=O) groups excluding carboxylic acids is 1. The summed E-state index contributed by atoms with van der Waals surface area (Å²) in [6, 6.07) is 3.67. The largest absolute Gasteiger partial charge is 0.416 e. The molecular weight excluding hydrogens is 287 g/mol. The second kappa shape index (κ2) is 6.31. The van der Waals surface area contributed by atoms with Crippen LogP contribution in [0.2, 0.25) is 0 Å². The van der Waals surface area contributed by atoms with Gasteiger partial charge >= 0.3 is 12.2 Å². The summed E-state index contributed by atoms with van der Waals surface area (Å²) in [5.41, 5.74) is 5.11. The van der Waals surface area contributed by atoms with Gasteiger partial charge in [-0.1, -0.05) is 0 Å². The topological polar surface area (TPSA) is 67.6 Å². The van der Waals surface area contributed by atoms with Crippen LogP contribution in [0.3, 0.4) is 0 Å². The van der Waals surface area contributed by atoms with Crippen molar-refractivity contribution in [3.8, 4) is 0 Å². The number of urea groups is 1. The van der Waals surface area contributed by atoms with Crippen LogP contribution >= 0.6 is 0 Å². The van der Waals surface area contributed by atoms with Crippen LogP contribution < -0.4 is 11.1 Å². The fraction of sp³-hybridized carbons (Fsp3) is 0.462. The van der Waals surface area contributed by atoms with Crippen molar-refractivity contribution in [2.75, 3.05) is 31.6 Å². The Balaban J connectivity index is 2.02. The minimum Gasteiger partial charge on any atom is -0.377 e. The minimum atomic E-state index is -4.39. The van der Waals surface area contributed by atoms with Gasteiger partial charge in [0.1, 0.15) is 0 Å². The van der Waals surface area contributed by atoms with Crippen molar-refractivity contribution in [2.45, 2.75) is 12.2 Å². The van der Waals surface area contributed by atoms with Crippen LogP contribution in [0.15, 0.2) is 24.3 Å². The second-order valence-corrected chi connectivity index (χ2v) is 4.66. The van der Waals surface area contributed by atoms with Crippen LogP contribution in [0.4, 0.5) is 23.7 Å². The number of nitrogens with zero attached hydrogens (tertiary/aromatic N) is 1. The number of halogens is 3. The van der Waals surface area contributed by atoms with E-state index in [1.54, 1.807) is 0 Å². The van der Waals surface area contributed by atoms with Crippen LogP contribution in [-0.2, 0) is 10.9 Å². The zero-order valence-corrected chi connectivity index (χ0v) is 11.2. The minimum absolute atomic E-state index is 0.229. The maximum atomic E-state index is 12.4. The quantitative estimate of drug-likeness (QED) is 0.877. The van der Waals surface area contributed by atoms with Crippen LogP contribution in [-0.4, -0.2) is 43.3 Å². The number of benzene rings is 1. The smallest absolute Gasteiger partial charge is 0.377 e. The number of nitrogens with one attached hydrogen (secondary N) is 1. The molecule has 0 aromatic heterocycles. The van der Waals surface area contributed by atoms with Gasteiger partial charge in [-0.3, -0.25) is 0 Å². The van der Waals surface area contributed by atoms with Gasteiger partial charge in [0.2, 0.25) is 0 Å². The number of nitrogens with two attached hydrogens (primary N) is 1. The molecular formula is C13H16F3N3O2. The van der Waals surface area contributed by atoms with E-state index in [1.807, 2.05) is 0 Å². The van der Waals surface area contributed by atoms with E-state index >= 15 is 0 Å². The molecule has 1 saturated heterocycles. The molecule has 1 aromatic rings. The number of carbonyl (C=O) groups is 1. The van der Waals surface area contributed by atoms with Crippen molar-refractivity contribution in [1.82, 2.24) is 4.90 Å². The Morgan fingerprint density at radius 2 is 2.05 bits per heavy atom. The van der Waals surface area contributed by atoms with Crippen molar-refractivity contribution in [3.63, 3.8) is 0 Å². The molecule has 1 aromatic carbocycles. The lowest BCUT2D eigenvalue weighted by atomic mass is 10.2. The van der Waals surface area contributed by atoms with Crippen LogP contribution in [0.25, 0.3) is 0 Å². The van der Waals surface area contributed by atoms with E-state index in [-0.39, 0.29) is 12.6 Å². The average molecular weight is 303 g/mol. The zero-order valence-electron chi connectivity index (χ0n) is 11.2. The van der Waals surface area contributed by atoms with Gasteiger partial charge in [0.05, 0.1) is 24.8 Å². The van der Waals surface area contributed by atoms with Crippen molar-refractivity contribution in [3.05, 3.63) is 29.8 Å². The van der Waals surface area contributed by atoms with E-state index < -0.39 is 17.8 Å². The summed E-state index contributed by atoms with van der Waals surface area (Å²) in [4.78, 5) is 13.6. The summed E-state index contributed by atoms with van der Waals surface area (Å²) in [7, 11) is 0. The van der Waals surface area contributed by atoms with Gasteiger partial charge in [-0.15, -0.1) is 0 Å². The van der Waals surface area contributed by atoms with Gasteiger partial charge in [-0.25, -0.2) is 4.79 Å². The number of amides is 2. The van der Waals surface area contributed by atoms with Crippen molar-refractivity contribution in [1.29, 1.82) is 0 Å². The highest BCUT2D eigenvalue weighted by molar-refractivity contribution is 5.89. The van der Waals surface area contributed by atoms with Crippen LogP contribution in [0, 0.1) is 0 Å². The molecule has 0 spiro atoms. The number of anilines is 1. The zero-order chi connectivity index (χ0) is 15.5. The lowest BCUT2D eigenvalue weighted by Gasteiger charge is -2.34. The first-order valence-corrected chi connectivity index (χ1v) is 6.44. The van der Waals surface area contributed by atoms with E-state index in [2.05, 4.69) is 5.32 Å². The summed E-state index contributed by atoms with van der Waals surface area (Å²) in [6.07, 6.45) is -4.39. The summed E-state index contributed by atoms with van der Waals surface area (Å²) in [5, 5.41) is 2.56. The molecule has 1 aliphatic rings. The Labute approximate surface area is 119 Å². The van der Waals surface area contributed by atoms with Gasteiger partial charge in [0.15, 0.2) is 0 Å². The Morgan fingerprint density at radius 3 is 2.62 bits per heavy atom. The second-order valence-electron chi connectivity index (χ2n) is 4.66. The highest BCUT2D eigenvalue weighted by Gasteiger charge is 2.30. The Bertz CT molecular complexity index is 490. The highest BCUT2D eigenvalue weighted by atomic mass is 19.4. The van der Waals surface area contributed by atoms with Gasteiger partial charge in [0.25, 0.3) is 0 Å². The van der Waals surface area contributed by atoms with E-state index in [4.69, 9.17) is 10.5 Å². The molecule has 0 aliphatic carbocycles. The third-order valence-corrected chi connectivity index (χ3v) is 3.22. The fourth-order valence-electron chi connectivity index (χ4n) is 2.06. The van der Waals surface area contributed by atoms with Crippen LogP contribution in [0.5, 0.6) is 0 Å². The number of rotatable bonds is 2. The maximum Gasteiger partial charge on any atom is 0.416 e.